The lowest BCUT2D eigenvalue weighted by molar-refractivity contribution is -0.142. The summed E-state index contributed by atoms with van der Waals surface area (Å²) in [7, 11) is 0. The fourth-order valence-corrected chi connectivity index (χ4v) is 1.63. The Balaban J connectivity index is 4.17. The Hall–Kier alpha value is -1.96. The standard InChI is InChI=1S/C13H23N3O5/c1-7(4-8(2)13(20)21)11(14)12(19)16-6-10(18)15-5-9(3)17/h7-8,11H,4-6,14H2,1-3H3,(H,15,18)(H,16,19)(H,20,21)/t7?,8?,11-/m0/s1. The number of nitrogens with one attached hydrogen (secondary N) is 2. The Bertz CT molecular complexity index is 411. The summed E-state index contributed by atoms with van der Waals surface area (Å²) < 4.78 is 0. The van der Waals surface area contributed by atoms with Gasteiger partial charge in [0.25, 0.3) is 0 Å². The van der Waals surface area contributed by atoms with Gasteiger partial charge in [-0.05, 0) is 19.3 Å². The zero-order chi connectivity index (χ0) is 16.6. The van der Waals surface area contributed by atoms with Gasteiger partial charge in [0, 0.05) is 0 Å². The molecule has 0 heterocycles. The molecule has 2 amide bonds. The van der Waals surface area contributed by atoms with Crippen LogP contribution < -0.4 is 16.4 Å². The minimum atomic E-state index is -0.946. The molecule has 2 unspecified atom stereocenters. The number of hydrogen-bond acceptors (Lipinski definition) is 5. The van der Waals surface area contributed by atoms with Gasteiger partial charge in [-0.2, -0.15) is 0 Å². The van der Waals surface area contributed by atoms with Crippen LogP contribution in [0.1, 0.15) is 27.2 Å². The molecule has 0 fully saturated rings. The normalized spacial score (nSPS) is 14.7. The molecule has 0 radical (unpaired) electrons. The van der Waals surface area contributed by atoms with Crippen LogP contribution in [0, 0.1) is 11.8 Å². The second-order valence-corrected chi connectivity index (χ2v) is 5.17. The van der Waals surface area contributed by atoms with E-state index in [2.05, 4.69) is 10.6 Å². The third kappa shape index (κ3) is 8.03. The van der Waals surface area contributed by atoms with Crippen molar-refractivity contribution in [1.82, 2.24) is 10.6 Å². The minimum Gasteiger partial charge on any atom is -0.481 e. The molecule has 0 rings (SSSR count). The lowest BCUT2D eigenvalue weighted by Crippen LogP contribution is -2.48. The zero-order valence-corrected chi connectivity index (χ0v) is 12.5. The van der Waals surface area contributed by atoms with E-state index in [0.717, 1.165) is 0 Å². The van der Waals surface area contributed by atoms with Crippen LogP contribution in [0.3, 0.4) is 0 Å². The van der Waals surface area contributed by atoms with E-state index >= 15 is 0 Å². The van der Waals surface area contributed by atoms with E-state index in [1.807, 2.05) is 0 Å². The van der Waals surface area contributed by atoms with Gasteiger partial charge < -0.3 is 21.5 Å². The molecule has 0 spiro atoms. The summed E-state index contributed by atoms with van der Waals surface area (Å²) in [6, 6.07) is -0.896. The highest BCUT2D eigenvalue weighted by atomic mass is 16.4. The molecule has 0 saturated heterocycles. The molecule has 3 atom stereocenters. The van der Waals surface area contributed by atoms with E-state index in [1.165, 1.54) is 6.92 Å². The number of aliphatic carboxylic acids is 1. The summed E-state index contributed by atoms with van der Waals surface area (Å²) in [5.74, 6) is -3.09. The number of hydrogen-bond donors (Lipinski definition) is 4. The number of carboxylic acid groups (broad SMARTS) is 1. The Morgan fingerprint density at radius 1 is 1.10 bits per heavy atom. The number of Topliss-reactive ketones (excluding diaryl/α,β-unsaturated/α-hetero) is 1. The van der Waals surface area contributed by atoms with E-state index in [-0.39, 0.29) is 31.2 Å². The number of amides is 2. The molecule has 120 valence electrons. The molecule has 0 aromatic carbocycles. The van der Waals surface area contributed by atoms with E-state index < -0.39 is 29.7 Å². The number of carbonyl (C=O) groups excluding carboxylic acids is 3. The summed E-state index contributed by atoms with van der Waals surface area (Å²) in [6.07, 6.45) is 0.264. The maximum absolute atomic E-state index is 11.7. The van der Waals surface area contributed by atoms with Gasteiger partial charge in [-0.3, -0.25) is 19.2 Å². The molecular weight excluding hydrogens is 278 g/mol. The van der Waals surface area contributed by atoms with Gasteiger partial charge in [-0.15, -0.1) is 0 Å². The SMILES string of the molecule is CC(=O)CNC(=O)CNC(=O)[C@@H](N)C(C)CC(C)C(=O)O. The third-order valence-electron chi connectivity index (χ3n) is 3.02. The average Bonchev–Trinajstić information content (AvgIpc) is 2.41. The van der Waals surface area contributed by atoms with Crippen molar-refractivity contribution in [2.75, 3.05) is 13.1 Å². The van der Waals surface area contributed by atoms with Crippen molar-refractivity contribution in [3.05, 3.63) is 0 Å². The van der Waals surface area contributed by atoms with E-state index in [1.54, 1.807) is 13.8 Å². The quantitative estimate of drug-likeness (QED) is 0.425. The summed E-state index contributed by atoms with van der Waals surface area (Å²) in [4.78, 5) is 44.5. The summed E-state index contributed by atoms with van der Waals surface area (Å²) in [6.45, 7) is 4.19. The lowest BCUT2D eigenvalue weighted by atomic mass is 9.91. The highest BCUT2D eigenvalue weighted by molar-refractivity contribution is 5.89. The average molecular weight is 301 g/mol. The molecule has 0 saturated carbocycles. The Morgan fingerprint density at radius 2 is 1.67 bits per heavy atom. The van der Waals surface area contributed by atoms with E-state index in [9.17, 15) is 19.2 Å². The van der Waals surface area contributed by atoms with Gasteiger partial charge >= 0.3 is 5.97 Å². The monoisotopic (exact) mass is 301 g/mol. The first-order valence-electron chi connectivity index (χ1n) is 6.67. The van der Waals surface area contributed by atoms with Crippen LogP contribution in [-0.4, -0.2) is 47.8 Å². The molecule has 5 N–H and O–H groups in total. The second-order valence-electron chi connectivity index (χ2n) is 5.17. The molecule has 0 bridgehead atoms. The van der Waals surface area contributed by atoms with Gasteiger partial charge in [0.05, 0.1) is 25.0 Å². The highest BCUT2D eigenvalue weighted by Crippen LogP contribution is 2.14. The van der Waals surface area contributed by atoms with Crippen molar-refractivity contribution in [3.8, 4) is 0 Å². The first-order chi connectivity index (χ1) is 9.65. The topological polar surface area (TPSA) is 139 Å². The predicted molar refractivity (Wildman–Crippen MR) is 75.3 cm³/mol. The molecule has 8 nitrogen and oxygen atoms in total. The Labute approximate surface area is 123 Å². The van der Waals surface area contributed by atoms with Crippen LogP contribution in [0.15, 0.2) is 0 Å². The van der Waals surface area contributed by atoms with Gasteiger partial charge in [-0.25, -0.2) is 0 Å². The number of ketones is 1. The molecular formula is C13H23N3O5. The molecule has 0 aliphatic rings. The third-order valence-corrected chi connectivity index (χ3v) is 3.02. The molecule has 21 heavy (non-hydrogen) atoms. The van der Waals surface area contributed by atoms with Crippen LogP contribution >= 0.6 is 0 Å². The Kier molecular flexibility index (Phi) is 8.22. The number of carbonyl (C=O) groups is 4. The lowest BCUT2D eigenvalue weighted by Gasteiger charge is -2.20. The first kappa shape index (κ1) is 19.0. The fraction of sp³-hybridized carbons (Fsp3) is 0.692. The van der Waals surface area contributed by atoms with Gasteiger partial charge in [0.1, 0.15) is 5.78 Å². The Morgan fingerprint density at radius 3 is 2.14 bits per heavy atom. The molecule has 0 aliphatic heterocycles. The summed E-state index contributed by atoms with van der Waals surface area (Å²) in [5, 5.41) is 13.5. The van der Waals surface area contributed by atoms with Crippen molar-refractivity contribution in [1.29, 1.82) is 0 Å². The van der Waals surface area contributed by atoms with Crippen molar-refractivity contribution in [2.45, 2.75) is 33.2 Å². The maximum atomic E-state index is 11.7. The number of nitrogens with two attached hydrogens (primary N) is 1. The van der Waals surface area contributed by atoms with E-state index in [0.29, 0.717) is 0 Å². The zero-order valence-electron chi connectivity index (χ0n) is 12.5. The van der Waals surface area contributed by atoms with Gasteiger partial charge in [0.15, 0.2) is 0 Å². The molecule has 8 heteroatoms. The van der Waals surface area contributed by atoms with Gasteiger partial charge in [-0.1, -0.05) is 13.8 Å². The highest BCUT2D eigenvalue weighted by Gasteiger charge is 2.25. The number of rotatable bonds is 9. The van der Waals surface area contributed by atoms with Crippen LogP contribution in [-0.2, 0) is 19.2 Å². The summed E-state index contributed by atoms with van der Waals surface area (Å²) >= 11 is 0. The molecule has 0 aromatic rings. The largest absolute Gasteiger partial charge is 0.481 e. The van der Waals surface area contributed by atoms with Crippen molar-refractivity contribution in [3.63, 3.8) is 0 Å². The van der Waals surface area contributed by atoms with Gasteiger partial charge in [0.2, 0.25) is 11.8 Å². The van der Waals surface area contributed by atoms with Crippen molar-refractivity contribution in [2.24, 2.45) is 17.6 Å². The maximum Gasteiger partial charge on any atom is 0.306 e. The van der Waals surface area contributed by atoms with E-state index in [4.69, 9.17) is 10.8 Å². The van der Waals surface area contributed by atoms with Crippen LogP contribution in [0.5, 0.6) is 0 Å². The minimum absolute atomic E-state index is 0.0900. The molecule has 0 aromatic heterocycles. The smallest absolute Gasteiger partial charge is 0.306 e. The van der Waals surface area contributed by atoms with Crippen LogP contribution in [0.4, 0.5) is 0 Å². The number of carboxylic acids is 1. The second kappa shape index (κ2) is 9.06. The van der Waals surface area contributed by atoms with Crippen molar-refractivity contribution < 1.29 is 24.3 Å². The predicted octanol–water partition coefficient (Wildman–Crippen LogP) is -1.12. The molecule has 0 aliphatic carbocycles. The fourth-order valence-electron chi connectivity index (χ4n) is 1.63. The van der Waals surface area contributed by atoms with Crippen LogP contribution in [0.25, 0.3) is 0 Å². The van der Waals surface area contributed by atoms with Crippen molar-refractivity contribution >= 4 is 23.6 Å². The summed E-state index contributed by atoms with van der Waals surface area (Å²) in [5.41, 5.74) is 5.73. The first-order valence-corrected chi connectivity index (χ1v) is 6.67. The van der Waals surface area contributed by atoms with Crippen LogP contribution in [0.2, 0.25) is 0 Å².